The average Bonchev–Trinajstić information content (AvgIpc) is 3.06. The van der Waals surface area contributed by atoms with Crippen molar-refractivity contribution in [2.45, 2.75) is 57.0 Å². The van der Waals surface area contributed by atoms with E-state index in [-0.39, 0.29) is 0 Å². The number of nitrogens with one attached hydrogen (secondary N) is 1. The first-order valence-corrected chi connectivity index (χ1v) is 8.38. The molecule has 2 aliphatic carbocycles. The fourth-order valence-electron chi connectivity index (χ4n) is 4.36. The van der Waals surface area contributed by atoms with E-state index in [4.69, 9.17) is 0 Å². The molecule has 0 aromatic carbocycles. The van der Waals surface area contributed by atoms with Gasteiger partial charge in [-0.3, -0.25) is 4.99 Å². The van der Waals surface area contributed by atoms with E-state index in [1.165, 1.54) is 25.7 Å². The highest BCUT2D eigenvalue weighted by atomic mass is 16.3. The normalized spacial score (nSPS) is 33.3. The minimum Gasteiger partial charge on any atom is -0.388 e. The van der Waals surface area contributed by atoms with Gasteiger partial charge in [0.05, 0.1) is 5.60 Å². The van der Waals surface area contributed by atoms with E-state index in [1.54, 1.807) is 0 Å². The average molecular weight is 279 g/mol. The summed E-state index contributed by atoms with van der Waals surface area (Å²) < 4.78 is 0. The van der Waals surface area contributed by atoms with Crippen molar-refractivity contribution in [1.82, 2.24) is 10.2 Å². The molecule has 0 bridgehead atoms. The molecule has 0 radical (unpaired) electrons. The van der Waals surface area contributed by atoms with Crippen LogP contribution >= 0.6 is 0 Å². The molecule has 114 valence electrons. The summed E-state index contributed by atoms with van der Waals surface area (Å²) in [6, 6.07) is 0. The van der Waals surface area contributed by atoms with Crippen LogP contribution in [0.15, 0.2) is 4.99 Å². The molecule has 2 atom stereocenters. The van der Waals surface area contributed by atoms with Crippen LogP contribution in [0.3, 0.4) is 0 Å². The molecule has 20 heavy (non-hydrogen) atoms. The zero-order valence-corrected chi connectivity index (χ0v) is 12.8. The molecule has 3 aliphatic rings. The van der Waals surface area contributed by atoms with Gasteiger partial charge < -0.3 is 15.3 Å². The summed E-state index contributed by atoms with van der Waals surface area (Å²) in [5.41, 5.74) is -0.498. The summed E-state index contributed by atoms with van der Waals surface area (Å²) >= 11 is 0. The molecule has 0 amide bonds. The lowest BCUT2D eigenvalue weighted by Crippen LogP contribution is -2.47. The second-order valence-corrected chi connectivity index (χ2v) is 7.04. The van der Waals surface area contributed by atoms with Crippen LogP contribution in [0.25, 0.3) is 0 Å². The molecule has 1 saturated heterocycles. The molecule has 1 heterocycles. The highest BCUT2D eigenvalue weighted by molar-refractivity contribution is 5.80. The highest BCUT2D eigenvalue weighted by Gasteiger charge is 2.36. The lowest BCUT2D eigenvalue weighted by atomic mass is 9.82. The van der Waals surface area contributed by atoms with Crippen LogP contribution in [0.4, 0.5) is 0 Å². The fraction of sp³-hybridized carbons (Fsp3) is 0.938. The molecule has 0 aromatic heterocycles. The second kappa shape index (κ2) is 5.92. The Hall–Kier alpha value is -0.770. The number of fused-ring (bicyclic) bond motifs is 1. The molecular weight excluding hydrogens is 250 g/mol. The molecular formula is C16H29N3O. The van der Waals surface area contributed by atoms with Gasteiger partial charge in [0.15, 0.2) is 5.96 Å². The monoisotopic (exact) mass is 279 g/mol. The Labute approximate surface area is 122 Å². The number of rotatable bonds is 2. The molecule has 3 rings (SSSR count). The zero-order chi connectivity index (χ0) is 14.0. The van der Waals surface area contributed by atoms with E-state index in [9.17, 15) is 5.11 Å². The molecule has 1 aliphatic heterocycles. The van der Waals surface area contributed by atoms with E-state index >= 15 is 0 Å². The predicted octanol–water partition coefficient (Wildman–Crippen LogP) is 1.99. The number of hydrogen-bond donors (Lipinski definition) is 2. The SMILES string of the molecule is CN=C(NCC1(O)CCCC1)N1CC2CCCCC2C1. The summed E-state index contributed by atoms with van der Waals surface area (Å²) in [6.07, 6.45) is 9.77. The van der Waals surface area contributed by atoms with Gasteiger partial charge >= 0.3 is 0 Å². The smallest absolute Gasteiger partial charge is 0.193 e. The minimum atomic E-state index is -0.498. The first-order valence-electron chi connectivity index (χ1n) is 8.38. The van der Waals surface area contributed by atoms with Crippen LogP contribution in [0.5, 0.6) is 0 Å². The van der Waals surface area contributed by atoms with E-state index in [2.05, 4.69) is 15.2 Å². The third-order valence-corrected chi connectivity index (χ3v) is 5.60. The van der Waals surface area contributed by atoms with Crippen molar-refractivity contribution >= 4 is 5.96 Å². The van der Waals surface area contributed by atoms with Crippen molar-refractivity contribution in [3.8, 4) is 0 Å². The summed E-state index contributed by atoms with van der Waals surface area (Å²) in [5, 5.41) is 13.9. The molecule has 0 aromatic rings. The van der Waals surface area contributed by atoms with Crippen molar-refractivity contribution in [3.05, 3.63) is 0 Å². The van der Waals surface area contributed by atoms with E-state index in [0.29, 0.717) is 6.54 Å². The van der Waals surface area contributed by atoms with Crippen LogP contribution in [0, 0.1) is 11.8 Å². The number of aliphatic imine (C=N–C) groups is 1. The number of likely N-dealkylation sites (tertiary alicyclic amines) is 1. The largest absolute Gasteiger partial charge is 0.388 e. The summed E-state index contributed by atoms with van der Waals surface area (Å²) in [6.45, 7) is 2.97. The third kappa shape index (κ3) is 2.95. The third-order valence-electron chi connectivity index (χ3n) is 5.60. The van der Waals surface area contributed by atoms with E-state index < -0.39 is 5.60 Å². The van der Waals surface area contributed by atoms with Gasteiger partial charge in [0.25, 0.3) is 0 Å². The predicted molar refractivity (Wildman–Crippen MR) is 81.8 cm³/mol. The van der Waals surface area contributed by atoms with E-state index in [0.717, 1.165) is 56.6 Å². The van der Waals surface area contributed by atoms with Crippen LogP contribution in [-0.2, 0) is 0 Å². The van der Waals surface area contributed by atoms with E-state index in [1.807, 2.05) is 7.05 Å². The maximum absolute atomic E-state index is 10.4. The first kappa shape index (κ1) is 14.2. The van der Waals surface area contributed by atoms with Gasteiger partial charge in [-0.2, -0.15) is 0 Å². The van der Waals surface area contributed by atoms with Crippen molar-refractivity contribution < 1.29 is 5.11 Å². The molecule has 2 unspecified atom stereocenters. The summed E-state index contributed by atoms with van der Waals surface area (Å²) in [4.78, 5) is 6.86. The number of hydrogen-bond acceptors (Lipinski definition) is 2. The Morgan fingerprint density at radius 1 is 1.15 bits per heavy atom. The maximum Gasteiger partial charge on any atom is 0.193 e. The zero-order valence-electron chi connectivity index (χ0n) is 12.8. The van der Waals surface area contributed by atoms with Gasteiger partial charge in [-0.1, -0.05) is 25.7 Å². The van der Waals surface area contributed by atoms with Gasteiger partial charge in [-0.15, -0.1) is 0 Å². The summed E-state index contributed by atoms with van der Waals surface area (Å²) in [7, 11) is 1.86. The molecule has 0 spiro atoms. The van der Waals surface area contributed by atoms with Crippen molar-refractivity contribution in [2.75, 3.05) is 26.7 Å². The second-order valence-electron chi connectivity index (χ2n) is 7.04. The topological polar surface area (TPSA) is 47.9 Å². The Balaban J connectivity index is 1.54. The van der Waals surface area contributed by atoms with Crippen molar-refractivity contribution in [3.63, 3.8) is 0 Å². The Morgan fingerprint density at radius 2 is 1.75 bits per heavy atom. The van der Waals surface area contributed by atoms with Gasteiger partial charge in [0.1, 0.15) is 0 Å². The first-order chi connectivity index (χ1) is 9.70. The van der Waals surface area contributed by atoms with Gasteiger partial charge in [0.2, 0.25) is 0 Å². The number of guanidine groups is 1. The minimum absolute atomic E-state index is 0.498. The summed E-state index contributed by atoms with van der Waals surface area (Å²) in [5.74, 6) is 2.74. The Morgan fingerprint density at radius 3 is 2.30 bits per heavy atom. The molecule has 3 fully saturated rings. The fourth-order valence-corrected chi connectivity index (χ4v) is 4.36. The van der Waals surface area contributed by atoms with Gasteiger partial charge in [0, 0.05) is 26.7 Å². The molecule has 4 nitrogen and oxygen atoms in total. The lowest BCUT2D eigenvalue weighted by molar-refractivity contribution is 0.0516. The van der Waals surface area contributed by atoms with Crippen molar-refractivity contribution in [1.29, 1.82) is 0 Å². The maximum atomic E-state index is 10.4. The van der Waals surface area contributed by atoms with Gasteiger partial charge in [-0.25, -0.2) is 0 Å². The van der Waals surface area contributed by atoms with Crippen LogP contribution in [-0.4, -0.2) is 48.2 Å². The Kier molecular flexibility index (Phi) is 4.20. The van der Waals surface area contributed by atoms with Gasteiger partial charge in [-0.05, 0) is 37.5 Å². The quantitative estimate of drug-likeness (QED) is 0.600. The Bertz CT molecular complexity index is 349. The van der Waals surface area contributed by atoms with Crippen LogP contribution in [0.2, 0.25) is 0 Å². The molecule has 2 N–H and O–H groups in total. The molecule has 2 saturated carbocycles. The van der Waals surface area contributed by atoms with Crippen LogP contribution < -0.4 is 5.32 Å². The standard InChI is InChI=1S/C16H29N3O/c1-17-15(18-12-16(20)8-4-5-9-16)19-10-13-6-2-3-7-14(13)11-19/h13-14,20H,2-12H2,1H3,(H,17,18). The van der Waals surface area contributed by atoms with Crippen molar-refractivity contribution in [2.24, 2.45) is 16.8 Å². The molecule has 4 heteroatoms. The lowest BCUT2D eigenvalue weighted by Gasteiger charge is -2.27. The number of nitrogens with zero attached hydrogens (tertiary/aromatic N) is 2. The number of aliphatic hydroxyl groups is 1. The van der Waals surface area contributed by atoms with Crippen LogP contribution in [0.1, 0.15) is 51.4 Å². The highest BCUT2D eigenvalue weighted by Crippen LogP contribution is 2.36.